The maximum absolute atomic E-state index is 11.4. The highest BCUT2D eigenvalue weighted by molar-refractivity contribution is 5.92. The molecule has 0 saturated heterocycles. The number of ether oxygens (including phenoxy) is 1. The molecule has 3 N–H and O–H groups in total. The van der Waals surface area contributed by atoms with Crippen LogP contribution in [0.15, 0.2) is 42.5 Å². The van der Waals surface area contributed by atoms with Crippen LogP contribution in [0.3, 0.4) is 0 Å². The van der Waals surface area contributed by atoms with Crippen molar-refractivity contribution in [1.82, 2.24) is 0 Å². The molecular formula is C16H18N2O2. The molecule has 0 bridgehead atoms. The normalized spacial score (nSPS) is 10.1. The third-order valence-electron chi connectivity index (χ3n) is 3.09. The monoisotopic (exact) mass is 270 g/mol. The van der Waals surface area contributed by atoms with Gasteiger partial charge in [0.2, 0.25) is 0 Å². The molecule has 0 fully saturated rings. The molecule has 0 radical (unpaired) electrons. The maximum Gasteiger partial charge on any atom is 0.337 e. The second-order valence-corrected chi connectivity index (χ2v) is 4.47. The first-order chi connectivity index (χ1) is 9.63. The molecule has 2 rings (SSSR count). The van der Waals surface area contributed by atoms with E-state index in [0.29, 0.717) is 11.3 Å². The van der Waals surface area contributed by atoms with E-state index in [2.05, 4.69) is 29.1 Å². The summed E-state index contributed by atoms with van der Waals surface area (Å²) >= 11 is 0. The lowest BCUT2D eigenvalue weighted by atomic mass is 10.1. The molecule has 0 aliphatic carbocycles. The first-order valence-electron chi connectivity index (χ1n) is 6.48. The van der Waals surface area contributed by atoms with Crippen LogP contribution in [0, 0.1) is 0 Å². The summed E-state index contributed by atoms with van der Waals surface area (Å²) in [6, 6.07) is 13.2. The van der Waals surface area contributed by atoms with Crippen LogP contribution in [0.1, 0.15) is 22.8 Å². The summed E-state index contributed by atoms with van der Waals surface area (Å²) in [6.45, 7) is 2.11. The molecule has 4 heteroatoms. The second-order valence-electron chi connectivity index (χ2n) is 4.47. The number of nitrogen functional groups attached to an aromatic ring is 1. The molecule has 0 saturated carbocycles. The lowest BCUT2D eigenvalue weighted by Crippen LogP contribution is -2.04. The van der Waals surface area contributed by atoms with Crippen molar-refractivity contribution in [1.29, 1.82) is 0 Å². The minimum atomic E-state index is -0.392. The highest BCUT2D eigenvalue weighted by Gasteiger charge is 2.08. The minimum absolute atomic E-state index is 0.392. The summed E-state index contributed by atoms with van der Waals surface area (Å²) in [4.78, 5) is 11.4. The van der Waals surface area contributed by atoms with Gasteiger partial charge in [0.25, 0.3) is 0 Å². The maximum atomic E-state index is 11.4. The number of anilines is 3. The number of esters is 1. The highest BCUT2D eigenvalue weighted by Crippen LogP contribution is 2.25. The summed E-state index contributed by atoms with van der Waals surface area (Å²) in [5.74, 6) is -0.392. The number of carbonyl (C=O) groups excluding carboxylic acids is 1. The number of aryl methyl sites for hydroxylation is 1. The zero-order chi connectivity index (χ0) is 14.5. The second kappa shape index (κ2) is 6.10. The molecule has 0 atom stereocenters. The van der Waals surface area contributed by atoms with Gasteiger partial charge in [0.15, 0.2) is 0 Å². The van der Waals surface area contributed by atoms with E-state index >= 15 is 0 Å². The number of carbonyl (C=O) groups is 1. The van der Waals surface area contributed by atoms with E-state index in [-0.39, 0.29) is 0 Å². The summed E-state index contributed by atoms with van der Waals surface area (Å²) in [6.07, 6.45) is 0.978. The number of hydrogen-bond donors (Lipinski definition) is 2. The summed E-state index contributed by atoms with van der Waals surface area (Å²) in [7, 11) is 1.35. The minimum Gasteiger partial charge on any atom is -0.465 e. The van der Waals surface area contributed by atoms with E-state index < -0.39 is 5.97 Å². The molecule has 0 unspecified atom stereocenters. The molecule has 0 amide bonds. The molecule has 0 spiro atoms. The van der Waals surface area contributed by atoms with Crippen LogP contribution >= 0.6 is 0 Å². The van der Waals surface area contributed by atoms with Gasteiger partial charge in [-0.15, -0.1) is 0 Å². The number of rotatable bonds is 4. The van der Waals surface area contributed by atoms with Gasteiger partial charge < -0.3 is 15.8 Å². The van der Waals surface area contributed by atoms with E-state index in [4.69, 9.17) is 5.73 Å². The standard InChI is InChI=1S/C16H18N2O2/c1-3-11-5-4-6-13(9-11)18-15-8-7-12(10-14(15)17)16(19)20-2/h4-10,18H,3,17H2,1-2H3. The molecular weight excluding hydrogens is 252 g/mol. The van der Waals surface area contributed by atoms with Gasteiger partial charge in [0.05, 0.1) is 24.0 Å². The van der Waals surface area contributed by atoms with Crippen LogP contribution in [0.4, 0.5) is 17.1 Å². The van der Waals surface area contributed by atoms with E-state index in [1.54, 1.807) is 18.2 Å². The van der Waals surface area contributed by atoms with Crippen LogP contribution in [-0.2, 0) is 11.2 Å². The molecule has 4 nitrogen and oxygen atoms in total. The first kappa shape index (κ1) is 13.9. The molecule has 0 heterocycles. The first-order valence-corrected chi connectivity index (χ1v) is 6.48. The highest BCUT2D eigenvalue weighted by atomic mass is 16.5. The zero-order valence-electron chi connectivity index (χ0n) is 11.6. The molecule has 20 heavy (non-hydrogen) atoms. The van der Waals surface area contributed by atoms with Crippen LogP contribution in [0.5, 0.6) is 0 Å². The third-order valence-corrected chi connectivity index (χ3v) is 3.09. The van der Waals surface area contributed by atoms with Gasteiger partial charge in [-0.05, 0) is 42.3 Å². The van der Waals surface area contributed by atoms with Crippen molar-refractivity contribution in [3.63, 3.8) is 0 Å². The molecule has 0 aliphatic heterocycles. The average molecular weight is 270 g/mol. The third kappa shape index (κ3) is 3.09. The van der Waals surface area contributed by atoms with E-state index in [1.165, 1.54) is 12.7 Å². The van der Waals surface area contributed by atoms with Crippen molar-refractivity contribution < 1.29 is 9.53 Å². The van der Waals surface area contributed by atoms with Gasteiger partial charge in [-0.2, -0.15) is 0 Å². The fraction of sp³-hybridized carbons (Fsp3) is 0.188. The van der Waals surface area contributed by atoms with Crippen LogP contribution in [0.2, 0.25) is 0 Å². The van der Waals surface area contributed by atoms with Gasteiger partial charge in [-0.25, -0.2) is 4.79 Å². The van der Waals surface area contributed by atoms with Gasteiger partial charge in [0.1, 0.15) is 0 Å². The molecule has 0 aliphatic rings. The quantitative estimate of drug-likeness (QED) is 0.660. The lowest BCUT2D eigenvalue weighted by Gasteiger charge is -2.11. The summed E-state index contributed by atoms with van der Waals surface area (Å²) < 4.78 is 4.66. The lowest BCUT2D eigenvalue weighted by molar-refractivity contribution is 0.0601. The number of nitrogens with one attached hydrogen (secondary N) is 1. The molecule has 2 aromatic carbocycles. The van der Waals surface area contributed by atoms with Crippen molar-refractivity contribution >= 4 is 23.0 Å². The molecule has 2 aromatic rings. The van der Waals surface area contributed by atoms with Crippen molar-refractivity contribution in [2.45, 2.75) is 13.3 Å². The zero-order valence-corrected chi connectivity index (χ0v) is 11.6. The predicted octanol–water partition coefficient (Wildman–Crippen LogP) is 3.36. The predicted molar refractivity (Wildman–Crippen MR) is 81.3 cm³/mol. The van der Waals surface area contributed by atoms with E-state index in [1.807, 2.05) is 12.1 Å². The molecule has 104 valence electrons. The Labute approximate surface area is 118 Å². The van der Waals surface area contributed by atoms with E-state index in [0.717, 1.165) is 17.8 Å². The molecule has 0 aromatic heterocycles. The van der Waals surface area contributed by atoms with Gasteiger partial charge in [-0.1, -0.05) is 19.1 Å². The van der Waals surface area contributed by atoms with Crippen molar-refractivity contribution in [3.05, 3.63) is 53.6 Å². The van der Waals surface area contributed by atoms with Crippen molar-refractivity contribution in [2.75, 3.05) is 18.2 Å². The Balaban J connectivity index is 2.23. The number of hydrogen-bond acceptors (Lipinski definition) is 4. The fourth-order valence-electron chi connectivity index (χ4n) is 1.95. The Morgan fingerprint density at radius 3 is 2.70 bits per heavy atom. The SMILES string of the molecule is CCc1cccc(Nc2ccc(C(=O)OC)cc2N)c1. The summed E-state index contributed by atoms with van der Waals surface area (Å²) in [5, 5.41) is 3.25. The van der Waals surface area contributed by atoms with Gasteiger partial charge in [-0.3, -0.25) is 0 Å². The fourth-order valence-corrected chi connectivity index (χ4v) is 1.95. The van der Waals surface area contributed by atoms with Crippen LogP contribution < -0.4 is 11.1 Å². The Morgan fingerprint density at radius 1 is 1.25 bits per heavy atom. The van der Waals surface area contributed by atoms with Gasteiger partial charge >= 0.3 is 5.97 Å². The number of methoxy groups -OCH3 is 1. The largest absolute Gasteiger partial charge is 0.465 e. The Morgan fingerprint density at radius 2 is 2.05 bits per heavy atom. The van der Waals surface area contributed by atoms with Crippen LogP contribution in [0.25, 0.3) is 0 Å². The summed E-state index contributed by atoms with van der Waals surface area (Å²) in [5.41, 5.74) is 9.91. The van der Waals surface area contributed by atoms with Crippen molar-refractivity contribution in [2.24, 2.45) is 0 Å². The van der Waals surface area contributed by atoms with Crippen LogP contribution in [-0.4, -0.2) is 13.1 Å². The van der Waals surface area contributed by atoms with E-state index in [9.17, 15) is 4.79 Å². The Hall–Kier alpha value is -2.49. The number of nitrogens with two attached hydrogens (primary N) is 1. The number of benzene rings is 2. The van der Waals surface area contributed by atoms with Crippen molar-refractivity contribution in [3.8, 4) is 0 Å². The van der Waals surface area contributed by atoms with Gasteiger partial charge in [0, 0.05) is 5.69 Å². The smallest absolute Gasteiger partial charge is 0.337 e. The average Bonchev–Trinajstić information content (AvgIpc) is 2.48. The Kier molecular flexibility index (Phi) is 4.25. The topological polar surface area (TPSA) is 64.3 Å². The Bertz CT molecular complexity index is 624.